The number of fused-ring (bicyclic) bond motifs is 1. The van der Waals surface area contributed by atoms with Crippen molar-refractivity contribution in [3.05, 3.63) is 35.5 Å². The first-order valence-electron chi connectivity index (χ1n) is 11.5. The van der Waals surface area contributed by atoms with E-state index in [2.05, 4.69) is 15.2 Å². The van der Waals surface area contributed by atoms with E-state index in [9.17, 15) is 9.59 Å². The van der Waals surface area contributed by atoms with Crippen LogP contribution in [-0.2, 0) is 15.0 Å². The second-order valence-corrected chi connectivity index (χ2v) is 9.34. The van der Waals surface area contributed by atoms with Crippen LogP contribution in [0.5, 0.6) is 0 Å². The highest BCUT2D eigenvalue weighted by Crippen LogP contribution is 2.49. The highest BCUT2D eigenvalue weighted by molar-refractivity contribution is 5.97. The average molecular weight is 435 g/mol. The minimum atomic E-state index is -0.498. The molecule has 2 aliphatic carbocycles. The van der Waals surface area contributed by atoms with Gasteiger partial charge in [-0.15, -0.1) is 0 Å². The highest BCUT2D eigenvalue weighted by atomic mass is 16.2. The number of benzene rings is 1. The van der Waals surface area contributed by atoms with E-state index in [1.807, 2.05) is 25.1 Å². The number of hydrogen-bond donors (Lipinski definition) is 2. The molecule has 0 radical (unpaired) electrons. The molecule has 5 rings (SSSR count). The van der Waals surface area contributed by atoms with Gasteiger partial charge in [-0.2, -0.15) is 4.98 Å². The molecule has 2 saturated carbocycles. The van der Waals surface area contributed by atoms with Crippen LogP contribution in [0.1, 0.15) is 56.1 Å². The summed E-state index contributed by atoms with van der Waals surface area (Å²) in [6.07, 6.45) is 8.54. The third-order valence-corrected chi connectivity index (χ3v) is 7.31. The van der Waals surface area contributed by atoms with E-state index in [-0.39, 0.29) is 11.8 Å². The summed E-state index contributed by atoms with van der Waals surface area (Å²) in [7, 11) is 1.80. The smallest absolute Gasteiger partial charge is 0.229 e. The summed E-state index contributed by atoms with van der Waals surface area (Å²) in [6.45, 7) is 2.68. The number of aromatic nitrogens is 2. The van der Waals surface area contributed by atoms with Crippen LogP contribution in [0.2, 0.25) is 0 Å². The quantitative estimate of drug-likeness (QED) is 0.749. The van der Waals surface area contributed by atoms with Gasteiger partial charge in [0.05, 0.1) is 11.6 Å². The van der Waals surface area contributed by atoms with Gasteiger partial charge < -0.3 is 20.9 Å². The van der Waals surface area contributed by atoms with Crippen LogP contribution in [0.4, 0.5) is 23.1 Å². The Bertz CT molecular complexity index is 1070. The number of primary amides is 1. The summed E-state index contributed by atoms with van der Waals surface area (Å²) >= 11 is 0. The fraction of sp³-hybridized carbons (Fsp3) is 0.500. The van der Waals surface area contributed by atoms with Crippen molar-refractivity contribution in [1.29, 1.82) is 0 Å². The zero-order valence-electron chi connectivity index (χ0n) is 18.7. The third kappa shape index (κ3) is 3.47. The van der Waals surface area contributed by atoms with Gasteiger partial charge in [0.25, 0.3) is 0 Å². The minimum absolute atomic E-state index is 0.0886. The normalized spacial score (nSPS) is 20.1. The second kappa shape index (κ2) is 7.76. The number of rotatable bonds is 5. The van der Waals surface area contributed by atoms with Crippen molar-refractivity contribution >= 4 is 35.0 Å². The number of carbonyl (C=O) groups is 2. The molecular weight excluding hydrogens is 404 g/mol. The first kappa shape index (κ1) is 20.7. The fourth-order valence-electron chi connectivity index (χ4n) is 5.25. The molecule has 0 spiro atoms. The lowest BCUT2D eigenvalue weighted by Gasteiger charge is -2.30. The maximum Gasteiger partial charge on any atom is 0.229 e. The molecule has 1 aliphatic heterocycles. The molecular formula is C24H30N6O2. The van der Waals surface area contributed by atoms with Gasteiger partial charge in [-0.05, 0) is 55.9 Å². The third-order valence-electron chi connectivity index (χ3n) is 7.31. The van der Waals surface area contributed by atoms with Crippen LogP contribution in [0.3, 0.4) is 0 Å². The topological polar surface area (TPSA) is 104 Å². The molecule has 8 nitrogen and oxygen atoms in total. The summed E-state index contributed by atoms with van der Waals surface area (Å²) in [4.78, 5) is 37.8. The first-order chi connectivity index (χ1) is 15.4. The van der Waals surface area contributed by atoms with Crippen LogP contribution >= 0.6 is 0 Å². The summed E-state index contributed by atoms with van der Waals surface area (Å²) < 4.78 is 0. The number of carbonyl (C=O) groups excluding carboxylic acids is 2. The van der Waals surface area contributed by atoms with Crippen LogP contribution in [-0.4, -0.2) is 41.4 Å². The monoisotopic (exact) mass is 434 g/mol. The molecule has 0 unspecified atom stereocenters. The van der Waals surface area contributed by atoms with Crippen molar-refractivity contribution in [3.63, 3.8) is 0 Å². The van der Waals surface area contributed by atoms with Crippen molar-refractivity contribution in [1.82, 2.24) is 9.97 Å². The number of amides is 2. The van der Waals surface area contributed by atoms with Gasteiger partial charge in [0.2, 0.25) is 17.8 Å². The molecule has 1 aromatic heterocycles. The van der Waals surface area contributed by atoms with Gasteiger partial charge in [0, 0.05) is 31.7 Å². The molecule has 168 valence electrons. The number of nitrogens with two attached hydrogens (primary N) is 1. The van der Waals surface area contributed by atoms with E-state index in [0.717, 1.165) is 54.0 Å². The van der Waals surface area contributed by atoms with Gasteiger partial charge in [0.1, 0.15) is 5.69 Å². The Hall–Kier alpha value is -3.16. The van der Waals surface area contributed by atoms with Crippen LogP contribution in [0.25, 0.3) is 0 Å². The minimum Gasteiger partial charge on any atom is -0.369 e. The van der Waals surface area contributed by atoms with Crippen molar-refractivity contribution in [3.8, 4) is 0 Å². The molecule has 3 aliphatic rings. The Kier molecular flexibility index (Phi) is 5.03. The maximum absolute atomic E-state index is 12.5. The largest absolute Gasteiger partial charge is 0.369 e. The van der Waals surface area contributed by atoms with Gasteiger partial charge in [-0.25, -0.2) is 4.98 Å². The molecule has 32 heavy (non-hydrogen) atoms. The van der Waals surface area contributed by atoms with Gasteiger partial charge in [-0.1, -0.05) is 18.9 Å². The van der Waals surface area contributed by atoms with E-state index >= 15 is 0 Å². The van der Waals surface area contributed by atoms with Gasteiger partial charge in [0.15, 0.2) is 5.82 Å². The average Bonchev–Trinajstić information content (AvgIpc) is 3.43. The van der Waals surface area contributed by atoms with Crippen molar-refractivity contribution in [2.45, 2.75) is 63.3 Å². The van der Waals surface area contributed by atoms with Crippen LogP contribution < -0.4 is 20.9 Å². The SMILES string of the molecule is Cc1cc(Nc2ncc3c(n2)N(C2CCCC2)CCC(=O)N3C)ccc1C1(C(N)=O)CC1. The Morgan fingerprint density at radius 3 is 2.66 bits per heavy atom. The number of aryl methyl sites for hydroxylation is 1. The Labute approximate surface area is 188 Å². The molecule has 2 heterocycles. The summed E-state index contributed by atoms with van der Waals surface area (Å²) in [5, 5.41) is 3.31. The predicted molar refractivity (Wildman–Crippen MR) is 124 cm³/mol. The molecule has 3 N–H and O–H groups in total. The number of nitrogens with zero attached hydrogens (tertiary/aromatic N) is 4. The molecule has 0 bridgehead atoms. The summed E-state index contributed by atoms with van der Waals surface area (Å²) in [5.41, 5.74) is 8.80. The van der Waals surface area contributed by atoms with E-state index in [1.54, 1.807) is 18.1 Å². The Balaban J connectivity index is 1.45. The Morgan fingerprint density at radius 1 is 1.25 bits per heavy atom. The fourth-order valence-corrected chi connectivity index (χ4v) is 5.25. The zero-order chi connectivity index (χ0) is 22.5. The molecule has 0 saturated heterocycles. The lowest BCUT2D eigenvalue weighted by molar-refractivity contribution is -0.120. The number of anilines is 4. The molecule has 0 atom stereocenters. The van der Waals surface area contributed by atoms with Gasteiger partial charge in [-0.3, -0.25) is 9.59 Å². The summed E-state index contributed by atoms with van der Waals surface area (Å²) in [6, 6.07) is 6.36. The number of hydrogen-bond acceptors (Lipinski definition) is 6. The molecule has 2 aromatic rings. The number of nitrogens with one attached hydrogen (secondary N) is 1. The van der Waals surface area contributed by atoms with Gasteiger partial charge >= 0.3 is 0 Å². The van der Waals surface area contributed by atoms with E-state index in [1.165, 1.54) is 12.8 Å². The zero-order valence-corrected chi connectivity index (χ0v) is 18.7. The van der Waals surface area contributed by atoms with E-state index in [4.69, 9.17) is 10.7 Å². The highest BCUT2D eigenvalue weighted by Gasteiger charge is 2.50. The van der Waals surface area contributed by atoms with Crippen molar-refractivity contribution < 1.29 is 9.59 Å². The summed E-state index contributed by atoms with van der Waals surface area (Å²) in [5.74, 6) is 1.16. The lowest BCUT2D eigenvalue weighted by Crippen LogP contribution is -2.34. The lowest BCUT2D eigenvalue weighted by atomic mass is 9.91. The predicted octanol–water partition coefficient (Wildman–Crippen LogP) is 3.16. The second-order valence-electron chi connectivity index (χ2n) is 9.34. The van der Waals surface area contributed by atoms with E-state index < -0.39 is 5.41 Å². The molecule has 1 aromatic carbocycles. The molecule has 2 amide bonds. The van der Waals surface area contributed by atoms with Crippen molar-refractivity contribution in [2.75, 3.05) is 28.7 Å². The molecule has 2 fully saturated rings. The first-order valence-corrected chi connectivity index (χ1v) is 11.5. The van der Waals surface area contributed by atoms with Crippen LogP contribution in [0, 0.1) is 6.92 Å². The Morgan fingerprint density at radius 2 is 2.00 bits per heavy atom. The molecule has 8 heteroatoms. The van der Waals surface area contributed by atoms with Crippen molar-refractivity contribution in [2.24, 2.45) is 5.73 Å². The maximum atomic E-state index is 12.5. The van der Waals surface area contributed by atoms with E-state index in [0.29, 0.717) is 25.0 Å². The standard InChI is InChI=1S/C24H30N6O2/c1-15-13-16(7-8-18(15)24(10-11-24)22(25)32)27-23-26-14-19-21(28-23)30(17-5-3-4-6-17)12-9-20(31)29(19)2/h7-8,13-14,17H,3-6,9-12H2,1-2H3,(H2,25,32)(H,26,27,28). The van der Waals surface area contributed by atoms with Crippen LogP contribution in [0.15, 0.2) is 24.4 Å².